The zero-order chi connectivity index (χ0) is 18.5. The molecule has 1 aliphatic heterocycles. The van der Waals surface area contributed by atoms with Crippen LogP contribution in [0.3, 0.4) is 0 Å². The van der Waals surface area contributed by atoms with Crippen molar-refractivity contribution < 1.29 is 14.3 Å². The molecule has 0 aliphatic carbocycles. The molecule has 2 heterocycles. The van der Waals surface area contributed by atoms with E-state index in [2.05, 4.69) is 22.9 Å². The second kappa shape index (κ2) is 8.14. The largest absolute Gasteiger partial charge is 0.448 e. The molecule has 1 atom stereocenters. The molecule has 1 N–H and O–H groups in total. The Bertz CT molecular complexity index is 818. The number of anilines is 1. The molecule has 0 saturated carbocycles. The van der Waals surface area contributed by atoms with Gasteiger partial charge in [0.25, 0.3) is 5.91 Å². The molecule has 26 heavy (non-hydrogen) atoms. The van der Waals surface area contributed by atoms with Crippen molar-refractivity contribution >= 4 is 28.3 Å². The van der Waals surface area contributed by atoms with Crippen LogP contribution in [0.15, 0.2) is 42.3 Å². The Labute approximate surface area is 156 Å². The molecule has 136 valence electrons. The second-order valence-corrected chi connectivity index (χ2v) is 6.89. The number of aromatic nitrogens is 1. The summed E-state index contributed by atoms with van der Waals surface area (Å²) in [4.78, 5) is 30.8. The second-order valence-electron chi connectivity index (χ2n) is 6.03. The molecule has 1 aromatic carbocycles. The molecule has 0 saturated heterocycles. The number of thiazole rings is 1. The lowest BCUT2D eigenvalue weighted by Crippen LogP contribution is -2.42. The van der Waals surface area contributed by atoms with Crippen molar-refractivity contribution in [3.05, 3.63) is 59.1 Å². The molecular formula is C19H21N3O3S. The van der Waals surface area contributed by atoms with Crippen LogP contribution < -0.4 is 5.32 Å². The summed E-state index contributed by atoms with van der Waals surface area (Å²) >= 11 is 1.31. The summed E-state index contributed by atoms with van der Waals surface area (Å²) in [6.07, 6.45) is 1.67. The van der Waals surface area contributed by atoms with E-state index in [4.69, 9.17) is 4.74 Å². The first-order valence-electron chi connectivity index (χ1n) is 8.45. The topological polar surface area (TPSA) is 71.5 Å². The molecule has 3 rings (SSSR count). The lowest BCUT2D eigenvalue weighted by molar-refractivity contribution is -0.140. The van der Waals surface area contributed by atoms with Gasteiger partial charge in [0.15, 0.2) is 16.9 Å². The number of nitrogens with one attached hydrogen (secondary N) is 1. The van der Waals surface area contributed by atoms with E-state index in [9.17, 15) is 9.59 Å². The Morgan fingerprint density at radius 3 is 2.96 bits per heavy atom. The quantitative estimate of drug-likeness (QED) is 0.624. The highest BCUT2D eigenvalue weighted by Crippen LogP contribution is 2.20. The number of carbonyl (C=O) groups excluding carboxylic acids is 2. The Balaban J connectivity index is 1.58. The molecule has 0 spiro atoms. The van der Waals surface area contributed by atoms with E-state index in [0.717, 1.165) is 12.0 Å². The van der Waals surface area contributed by atoms with Crippen LogP contribution in [0.25, 0.3) is 0 Å². The van der Waals surface area contributed by atoms with E-state index < -0.39 is 12.1 Å². The molecule has 7 heteroatoms. The standard InChI is InChI=1S/C19H21N3O3S/c1-3-9-20-19-21-16(12-26-19)18(24)25-13(2)17(23)22-10-8-14-6-4-5-7-15(14)11-22/h3-7,12-13H,1,8-11H2,2H3,(H,20,21)/t13-/m0/s1. The number of benzene rings is 1. The van der Waals surface area contributed by atoms with Crippen LogP contribution in [0.1, 0.15) is 28.5 Å². The van der Waals surface area contributed by atoms with E-state index in [1.165, 1.54) is 16.9 Å². The average molecular weight is 371 g/mol. The van der Waals surface area contributed by atoms with Crippen molar-refractivity contribution in [3.63, 3.8) is 0 Å². The SMILES string of the molecule is C=CCNc1nc(C(=O)O[C@@H](C)C(=O)N2CCc3ccccc3C2)cs1. The number of ether oxygens (including phenoxy) is 1. The molecule has 1 amide bonds. The lowest BCUT2D eigenvalue weighted by atomic mass is 9.99. The zero-order valence-electron chi connectivity index (χ0n) is 14.6. The zero-order valence-corrected chi connectivity index (χ0v) is 15.4. The van der Waals surface area contributed by atoms with Crippen LogP contribution in [0.2, 0.25) is 0 Å². The van der Waals surface area contributed by atoms with Crippen LogP contribution >= 0.6 is 11.3 Å². The summed E-state index contributed by atoms with van der Waals surface area (Å²) in [5.41, 5.74) is 2.61. The molecule has 0 fully saturated rings. The van der Waals surface area contributed by atoms with Crippen molar-refractivity contribution in [2.45, 2.75) is 26.0 Å². The van der Waals surface area contributed by atoms with Crippen molar-refractivity contribution in [1.82, 2.24) is 9.88 Å². The third kappa shape index (κ3) is 4.11. The first-order valence-corrected chi connectivity index (χ1v) is 9.33. The monoisotopic (exact) mass is 371 g/mol. The smallest absolute Gasteiger partial charge is 0.358 e. The maximum atomic E-state index is 12.6. The fourth-order valence-electron chi connectivity index (χ4n) is 2.82. The molecule has 2 aromatic rings. The van der Waals surface area contributed by atoms with Gasteiger partial charge in [-0.3, -0.25) is 4.79 Å². The van der Waals surface area contributed by atoms with Gasteiger partial charge in [-0.1, -0.05) is 30.3 Å². The van der Waals surface area contributed by atoms with Crippen LogP contribution in [0.5, 0.6) is 0 Å². The van der Waals surface area contributed by atoms with Crippen molar-refractivity contribution in [2.24, 2.45) is 0 Å². The fourth-order valence-corrected chi connectivity index (χ4v) is 3.51. The van der Waals surface area contributed by atoms with Gasteiger partial charge in [0.2, 0.25) is 0 Å². The predicted molar refractivity (Wildman–Crippen MR) is 101 cm³/mol. The highest BCUT2D eigenvalue weighted by Gasteiger charge is 2.27. The van der Waals surface area contributed by atoms with E-state index in [-0.39, 0.29) is 11.6 Å². The Kier molecular flexibility index (Phi) is 5.68. The van der Waals surface area contributed by atoms with Crippen molar-refractivity contribution in [3.8, 4) is 0 Å². The molecule has 0 radical (unpaired) electrons. The molecule has 6 nitrogen and oxygen atoms in total. The number of amides is 1. The summed E-state index contributed by atoms with van der Waals surface area (Å²) in [7, 11) is 0. The average Bonchev–Trinajstić information content (AvgIpc) is 3.14. The first kappa shape index (κ1) is 18.1. The van der Waals surface area contributed by atoms with Crippen LogP contribution in [-0.2, 0) is 22.5 Å². The van der Waals surface area contributed by atoms with Gasteiger partial charge >= 0.3 is 5.97 Å². The predicted octanol–water partition coefficient (Wildman–Crippen LogP) is 2.87. The third-order valence-electron chi connectivity index (χ3n) is 4.18. The lowest BCUT2D eigenvalue weighted by Gasteiger charge is -2.30. The minimum Gasteiger partial charge on any atom is -0.448 e. The van der Waals surface area contributed by atoms with Crippen molar-refractivity contribution in [2.75, 3.05) is 18.4 Å². The number of fused-ring (bicyclic) bond motifs is 1. The van der Waals surface area contributed by atoms with Crippen LogP contribution in [0.4, 0.5) is 5.13 Å². The van der Waals surface area contributed by atoms with E-state index in [0.29, 0.717) is 24.8 Å². The van der Waals surface area contributed by atoms with E-state index in [1.807, 2.05) is 18.2 Å². The van der Waals surface area contributed by atoms with Crippen molar-refractivity contribution in [1.29, 1.82) is 0 Å². The molecular weight excluding hydrogens is 350 g/mol. The maximum absolute atomic E-state index is 12.6. The van der Waals surface area contributed by atoms with Gasteiger partial charge in [-0.25, -0.2) is 9.78 Å². The number of nitrogens with zero attached hydrogens (tertiary/aromatic N) is 2. The number of carbonyl (C=O) groups is 2. The number of hydrogen-bond acceptors (Lipinski definition) is 6. The van der Waals surface area contributed by atoms with Gasteiger partial charge < -0.3 is 15.0 Å². The summed E-state index contributed by atoms with van der Waals surface area (Å²) < 4.78 is 5.32. The molecule has 1 aromatic heterocycles. The molecule has 0 bridgehead atoms. The third-order valence-corrected chi connectivity index (χ3v) is 4.98. The minimum atomic E-state index is -0.848. The van der Waals surface area contributed by atoms with E-state index in [1.54, 1.807) is 23.3 Å². The minimum absolute atomic E-state index is 0.187. The van der Waals surface area contributed by atoms with E-state index >= 15 is 0 Å². The summed E-state index contributed by atoms with van der Waals surface area (Å²) in [5.74, 6) is -0.778. The highest BCUT2D eigenvalue weighted by atomic mass is 32.1. The van der Waals surface area contributed by atoms with Gasteiger partial charge in [0.05, 0.1) is 0 Å². The van der Waals surface area contributed by atoms with Crippen LogP contribution in [-0.4, -0.2) is 41.0 Å². The summed E-state index contributed by atoms with van der Waals surface area (Å²) in [5, 5.41) is 5.24. The van der Waals surface area contributed by atoms with Gasteiger partial charge in [0.1, 0.15) is 0 Å². The van der Waals surface area contributed by atoms with Gasteiger partial charge in [0, 0.05) is 25.0 Å². The Hall–Kier alpha value is -2.67. The van der Waals surface area contributed by atoms with Gasteiger partial charge in [-0.05, 0) is 24.5 Å². The highest BCUT2D eigenvalue weighted by molar-refractivity contribution is 7.13. The number of rotatable bonds is 6. The van der Waals surface area contributed by atoms with Crippen LogP contribution in [0, 0.1) is 0 Å². The molecule has 0 unspecified atom stereocenters. The maximum Gasteiger partial charge on any atom is 0.358 e. The number of hydrogen-bond donors (Lipinski definition) is 1. The van der Waals surface area contributed by atoms with Gasteiger partial charge in [-0.2, -0.15) is 0 Å². The number of esters is 1. The normalized spacial score (nSPS) is 14.3. The molecule has 1 aliphatic rings. The van der Waals surface area contributed by atoms with Gasteiger partial charge in [-0.15, -0.1) is 17.9 Å². The Morgan fingerprint density at radius 2 is 2.19 bits per heavy atom. The fraction of sp³-hybridized carbons (Fsp3) is 0.316. The first-order chi connectivity index (χ1) is 12.6. The Morgan fingerprint density at radius 1 is 1.42 bits per heavy atom. The summed E-state index contributed by atoms with van der Waals surface area (Å²) in [6, 6.07) is 8.09. The summed E-state index contributed by atoms with van der Waals surface area (Å²) in [6.45, 7) is 6.95.